The predicted molar refractivity (Wildman–Crippen MR) is 96.5 cm³/mol. The Morgan fingerprint density at radius 3 is 2.50 bits per heavy atom. The Balaban J connectivity index is 2.31. The summed E-state index contributed by atoms with van der Waals surface area (Å²) in [5.74, 6) is -0.512. The first-order chi connectivity index (χ1) is 11.2. The number of allylic oxidation sites excluding steroid dienone is 1. The van der Waals surface area contributed by atoms with Gasteiger partial charge < -0.3 is 14.6 Å². The molecule has 0 radical (unpaired) electrons. The molecule has 0 saturated heterocycles. The van der Waals surface area contributed by atoms with E-state index in [2.05, 4.69) is 34.3 Å². The quantitative estimate of drug-likeness (QED) is 0.290. The Labute approximate surface area is 146 Å². The summed E-state index contributed by atoms with van der Waals surface area (Å²) in [7, 11) is 0. The number of ether oxygens (including phenoxy) is 2. The standard InChI is InChI=1S/C20H34O4/c1-6-20(13-9-10-14-20)24-17(21)15-23-18(22)16(2)11-7-8-12-19(3,4)5/h7,11,17,21H,2,6,8-10,12-15H2,1,3-5H3/b11-7-/t17-/m0/s1. The molecule has 0 amide bonds. The molecule has 1 atom stereocenters. The summed E-state index contributed by atoms with van der Waals surface area (Å²) in [6.07, 6.45) is 9.49. The Kier molecular flexibility index (Phi) is 8.17. The molecule has 1 N–H and O–H groups in total. The zero-order valence-corrected chi connectivity index (χ0v) is 15.8. The Bertz CT molecular complexity index is 439. The summed E-state index contributed by atoms with van der Waals surface area (Å²) in [6.45, 7) is 12.2. The van der Waals surface area contributed by atoms with Crippen LogP contribution in [-0.2, 0) is 14.3 Å². The second-order valence-corrected chi connectivity index (χ2v) is 7.94. The molecule has 0 aliphatic heterocycles. The van der Waals surface area contributed by atoms with Gasteiger partial charge in [-0.15, -0.1) is 0 Å². The highest BCUT2D eigenvalue weighted by atomic mass is 16.6. The molecule has 0 aromatic carbocycles. The molecule has 1 aliphatic rings. The van der Waals surface area contributed by atoms with Gasteiger partial charge in [0.05, 0.1) is 11.2 Å². The number of aliphatic hydroxyl groups excluding tert-OH is 1. The van der Waals surface area contributed by atoms with Gasteiger partial charge in [0.1, 0.15) is 6.61 Å². The van der Waals surface area contributed by atoms with E-state index in [1.54, 1.807) is 6.08 Å². The smallest absolute Gasteiger partial charge is 0.337 e. The van der Waals surface area contributed by atoms with Crippen molar-refractivity contribution < 1.29 is 19.4 Å². The molecule has 0 unspecified atom stereocenters. The van der Waals surface area contributed by atoms with Gasteiger partial charge in [0.2, 0.25) is 0 Å². The predicted octanol–water partition coefficient (Wildman–Crippen LogP) is 4.53. The van der Waals surface area contributed by atoms with Crippen LogP contribution in [0.2, 0.25) is 0 Å². The van der Waals surface area contributed by atoms with Crippen LogP contribution >= 0.6 is 0 Å². The van der Waals surface area contributed by atoms with Crippen molar-refractivity contribution in [1.29, 1.82) is 0 Å². The molecule has 4 heteroatoms. The molecule has 0 aromatic heterocycles. The van der Waals surface area contributed by atoms with Gasteiger partial charge in [0.25, 0.3) is 0 Å². The number of carbonyl (C=O) groups is 1. The lowest BCUT2D eigenvalue weighted by Crippen LogP contribution is -2.36. The minimum Gasteiger partial charge on any atom is -0.457 e. The van der Waals surface area contributed by atoms with Gasteiger partial charge in [-0.3, -0.25) is 0 Å². The van der Waals surface area contributed by atoms with Gasteiger partial charge in [-0.25, -0.2) is 4.79 Å². The zero-order chi connectivity index (χ0) is 18.2. The minimum absolute atomic E-state index is 0.157. The summed E-state index contributed by atoms with van der Waals surface area (Å²) in [4.78, 5) is 11.9. The van der Waals surface area contributed by atoms with E-state index >= 15 is 0 Å². The topological polar surface area (TPSA) is 55.8 Å². The van der Waals surface area contributed by atoms with E-state index in [1.807, 2.05) is 6.08 Å². The number of hydrogen-bond acceptors (Lipinski definition) is 4. The van der Waals surface area contributed by atoms with Crippen molar-refractivity contribution in [1.82, 2.24) is 0 Å². The molecule has 1 aliphatic carbocycles. The van der Waals surface area contributed by atoms with Crippen LogP contribution in [0.4, 0.5) is 0 Å². The maximum atomic E-state index is 11.9. The van der Waals surface area contributed by atoms with E-state index in [0.29, 0.717) is 5.57 Å². The van der Waals surface area contributed by atoms with Gasteiger partial charge in [-0.05, 0) is 37.5 Å². The first kappa shape index (κ1) is 20.9. The van der Waals surface area contributed by atoms with Crippen molar-refractivity contribution in [2.75, 3.05) is 6.61 Å². The van der Waals surface area contributed by atoms with Gasteiger partial charge >= 0.3 is 5.97 Å². The Morgan fingerprint density at radius 2 is 1.96 bits per heavy atom. The second-order valence-electron chi connectivity index (χ2n) is 7.94. The van der Waals surface area contributed by atoms with Crippen molar-refractivity contribution in [2.24, 2.45) is 5.41 Å². The zero-order valence-electron chi connectivity index (χ0n) is 15.8. The molecule has 1 fully saturated rings. The molecular formula is C20H34O4. The summed E-state index contributed by atoms with van der Waals surface area (Å²) in [5.41, 5.74) is 0.306. The summed E-state index contributed by atoms with van der Waals surface area (Å²) < 4.78 is 10.8. The number of aliphatic hydroxyl groups is 1. The third-order valence-corrected chi connectivity index (χ3v) is 4.54. The largest absolute Gasteiger partial charge is 0.457 e. The first-order valence-corrected chi connectivity index (χ1v) is 9.06. The SMILES string of the molecule is C=C(/C=C\CCC(C)(C)C)C(=O)OC[C@@H](O)OC1(CC)CCCC1. The molecule has 24 heavy (non-hydrogen) atoms. The van der Waals surface area contributed by atoms with Crippen LogP contribution in [0.25, 0.3) is 0 Å². The van der Waals surface area contributed by atoms with E-state index in [1.165, 1.54) is 0 Å². The average molecular weight is 338 g/mol. The van der Waals surface area contributed by atoms with E-state index < -0.39 is 12.3 Å². The van der Waals surface area contributed by atoms with E-state index in [4.69, 9.17) is 9.47 Å². The number of carbonyl (C=O) groups excluding carboxylic acids is 1. The van der Waals surface area contributed by atoms with Crippen LogP contribution in [0.15, 0.2) is 24.3 Å². The second kappa shape index (κ2) is 9.38. The molecule has 0 bridgehead atoms. The van der Waals surface area contributed by atoms with Crippen LogP contribution in [0.5, 0.6) is 0 Å². The fourth-order valence-electron chi connectivity index (χ4n) is 2.95. The molecule has 0 heterocycles. The number of rotatable bonds is 9. The fourth-order valence-corrected chi connectivity index (χ4v) is 2.95. The van der Waals surface area contributed by atoms with Gasteiger partial charge in [0, 0.05) is 0 Å². The summed E-state index contributed by atoms with van der Waals surface area (Å²) in [6, 6.07) is 0. The van der Waals surface area contributed by atoms with Gasteiger partial charge in [-0.1, -0.05) is 59.3 Å². The van der Waals surface area contributed by atoms with Crippen LogP contribution in [0, 0.1) is 5.41 Å². The normalized spacial score (nSPS) is 18.7. The van der Waals surface area contributed by atoms with Gasteiger partial charge in [-0.2, -0.15) is 0 Å². The van der Waals surface area contributed by atoms with Crippen LogP contribution in [0.1, 0.15) is 72.6 Å². The number of hydrogen-bond donors (Lipinski definition) is 1. The van der Waals surface area contributed by atoms with Crippen LogP contribution in [-0.4, -0.2) is 29.6 Å². The summed E-state index contributed by atoms with van der Waals surface area (Å²) in [5, 5.41) is 9.99. The van der Waals surface area contributed by atoms with Crippen molar-refractivity contribution >= 4 is 5.97 Å². The lowest BCUT2D eigenvalue weighted by molar-refractivity contribution is -0.207. The summed E-state index contributed by atoms with van der Waals surface area (Å²) >= 11 is 0. The van der Waals surface area contributed by atoms with E-state index in [9.17, 15) is 9.90 Å². The van der Waals surface area contributed by atoms with Crippen LogP contribution < -0.4 is 0 Å². The monoisotopic (exact) mass is 338 g/mol. The molecule has 0 spiro atoms. The molecular weight excluding hydrogens is 304 g/mol. The third kappa shape index (κ3) is 7.63. The molecule has 1 rings (SSSR count). The lowest BCUT2D eigenvalue weighted by atomic mass is 9.90. The average Bonchev–Trinajstić information content (AvgIpc) is 2.97. The van der Waals surface area contributed by atoms with E-state index in [0.717, 1.165) is 44.9 Å². The maximum Gasteiger partial charge on any atom is 0.337 e. The maximum absolute atomic E-state index is 11.9. The van der Waals surface area contributed by atoms with Crippen LogP contribution in [0.3, 0.4) is 0 Å². The molecule has 0 aromatic rings. The van der Waals surface area contributed by atoms with Gasteiger partial charge in [0.15, 0.2) is 6.29 Å². The first-order valence-electron chi connectivity index (χ1n) is 9.06. The van der Waals surface area contributed by atoms with Crippen molar-refractivity contribution in [2.45, 2.75) is 84.5 Å². The minimum atomic E-state index is -1.08. The third-order valence-electron chi connectivity index (χ3n) is 4.54. The van der Waals surface area contributed by atoms with Crippen molar-refractivity contribution in [3.05, 3.63) is 24.3 Å². The van der Waals surface area contributed by atoms with E-state index in [-0.39, 0.29) is 17.6 Å². The van der Waals surface area contributed by atoms with Crippen molar-refractivity contribution in [3.63, 3.8) is 0 Å². The molecule has 1 saturated carbocycles. The van der Waals surface area contributed by atoms with Crippen molar-refractivity contribution in [3.8, 4) is 0 Å². The lowest BCUT2D eigenvalue weighted by Gasteiger charge is -2.30. The molecule has 4 nitrogen and oxygen atoms in total. The fraction of sp³-hybridized carbons (Fsp3) is 0.750. The Morgan fingerprint density at radius 1 is 1.33 bits per heavy atom. The Hall–Kier alpha value is -1.13. The highest BCUT2D eigenvalue weighted by Crippen LogP contribution is 2.36. The highest BCUT2D eigenvalue weighted by molar-refractivity contribution is 5.90. The highest BCUT2D eigenvalue weighted by Gasteiger charge is 2.35. The molecule has 138 valence electrons. The number of esters is 1.